The molecule has 1 saturated heterocycles. The largest absolute Gasteiger partial charge is 0.347 e. The van der Waals surface area contributed by atoms with Gasteiger partial charge in [-0.3, -0.25) is 4.79 Å². The predicted octanol–water partition coefficient (Wildman–Crippen LogP) is 2.60. The van der Waals surface area contributed by atoms with Gasteiger partial charge in [0.05, 0.1) is 5.54 Å². The molecular weight excluding hydrogens is 279 g/mol. The maximum Gasteiger partial charge on any atom is 0.223 e. The van der Waals surface area contributed by atoms with Crippen molar-refractivity contribution in [2.24, 2.45) is 5.92 Å². The third kappa shape index (κ3) is 4.18. The van der Waals surface area contributed by atoms with Crippen LogP contribution in [0.1, 0.15) is 32.3 Å². The molecule has 0 aliphatic carbocycles. The number of benzene rings is 1. The molecule has 1 aliphatic heterocycles. The lowest BCUT2D eigenvalue weighted by Crippen LogP contribution is -2.46. The Morgan fingerprint density at radius 1 is 1.35 bits per heavy atom. The van der Waals surface area contributed by atoms with Crippen molar-refractivity contribution in [1.29, 1.82) is 0 Å². The molecule has 0 bridgehead atoms. The molecular formula is C15H22ClFN2O. The van der Waals surface area contributed by atoms with Gasteiger partial charge in [0.25, 0.3) is 0 Å². The van der Waals surface area contributed by atoms with Crippen molar-refractivity contribution in [3.8, 4) is 0 Å². The van der Waals surface area contributed by atoms with E-state index in [-0.39, 0.29) is 30.0 Å². The summed E-state index contributed by atoms with van der Waals surface area (Å²) in [5, 5.41) is 6.28. The van der Waals surface area contributed by atoms with E-state index in [4.69, 9.17) is 0 Å². The number of amides is 1. The Hall–Kier alpha value is -1.13. The maximum atomic E-state index is 13.3. The minimum atomic E-state index is -0.552. The molecule has 2 N–H and O–H groups in total. The summed E-state index contributed by atoms with van der Waals surface area (Å²) in [5.41, 5.74) is 0.235. The normalized spacial score (nSPS) is 16.4. The quantitative estimate of drug-likeness (QED) is 0.901. The zero-order valence-corrected chi connectivity index (χ0v) is 12.7. The van der Waals surface area contributed by atoms with Crippen LogP contribution in [-0.4, -0.2) is 19.0 Å². The number of carbonyl (C=O) groups is 1. The van der Waals surface area contributed by atoms with Crippen LogP contribution in [-0.2, 0) is 10.3 Å². The number of piperidine rings is 1. The summed E-state index contributed by atoms with van der Waals surface area (Å²) in [7, 11) is 0. The van der Waals surface area contributed by atoms with Gasteiger partial charge in [0.1, 0.15) is 5.82 Å². The van der Waals surface area contributed by atoms with Gasteiger partial charge in [-0.2, -0.15) is 0 Å². The van der Waals surface area contributed by atoms with Gasteiger partial charge in [-0.05, 0) is 57.5 Å². The molecule has 0 spiro atoms. The van der Waals surface area contributed by atoms with E-state index in [1.807, 2.05) is 19.9 Å². The lowest BCUT2D eigenvalue weighted by Gasteiger charge is -2.30. The lowest BCUT2D eigenvalue weighted by molar-refractivity contribution is -0.127. The first kappa shape index (κ1) is 16.9. The van der Waals surface area contributed by atoms with Gasteiger partial charge in [-0.1, -0.05) is 12.1 Å². The number of halogens is 2. The van der Waals surface area contributed by atoms with E-state index in [9.17, 15) is 9.18 Å². The zero-order chi connectivity index (χ0) is 13.9. The van der Waals surface area contributed by atoms with Gasteiger partial charge >= 0.3 is 0 Å². The summed E-state index contributed by atoms with van der Waals surface area (Å²) in [6.07, 6.45) is 1.73. The Kier molecular flexibility index (Phi) is 5.96. The minimum Gasteiger partial charge on any atom is -0.347 e. The van der Waals surface area contributed by atoms with Gasteiger partial charge in [0.2, 0.25) is 5.91 Å². The van der Waals surface area contributed by atoms with Crippen LogP contribution in [0.15, 0.2) is 24.3 Å². The number of rotatable bonds is 3. The Morgan fingerprint density at radius 3 is 2.60 bits per heavy atom. The van der Waals surface area contributed by atoms with Crippen LogP contribution in [0.25, 0.3) is 0 Å². The van der Waals surface area contributed by atoms with Gasteiger partial charge in [-0.15, -0.1) is 12.4 Å². The zero-order valence-electron chi connectivity index (χ0n) is 11.9. The highest BCUT2D eigenvalue weighted by atomic mass is 35.5. The van der Waals surface area contributed by atoms with Crippen molar-refractivity contribution in [2.75, 3.05) is 13.1 Å². The highest BCUT2D eigenvalue weighted by Crippen LogP contribution is 2.22. The number of carbonyl (C=O) groups excluding carboxylic acids is 1. The summed E-state index contributed by atoms with van der Waals surface area (Å²) < 4.78 is 13.3. The predicted molar refractivity (Wildman–Crippen MR) is 80.4 cm³/mol. The summed E-state index contributed by atoms with van der Waals surface area (Å²) in [5.74, 6) is -0.147. The molecule has 3 nitrogen and oxygen atoms in total. The average Bonchev–Trinajstić information content (AvgIpc) is 2.39. The molecule has 1 aromatic carbocycles. The summed E-state index contributed by atoms with van der Waals surface area (Å²) in [6.45, 7) is 5.58. The molecule has 5 heteroatoms. The Balaban J connectivity index is 0.00000200. The summed E-state index contributed by atoms with van der Waals surface area (Å²) in [4.78, 5) is 12.2. The molecule has 0 saturated carbocycles. The van der Waals surface area contributed by atoms with Crippen molar-refractivity contribution in [3.63, 3.8) is 0 Å². The van der Waals surface area contributed by atoms with E-state index in [1.54, 1.807) is 6.07 Å². The fraction of sp³-hybridized carbons (Fsp3) is 0.533. The van der Waals surface area contributed by atoms with E-state index in [0.717, 1.165) is 31.5 Å². The lowest BCUT2D eigenvalue weighted by atomic mass is 9.91. The molecule has 1 aromatic rings. The maximum absolute atomic E-state index is 13.3. The molecule has 2 rings (SSSR count). The molecule has 112 valence electrons. The Bertz CT molecular complexity index is 459. The molecule has 20 heavy (non-hydrogen) atoms. The van der Waals surface area contributed by atoms with Crippen molar-refractivity contribution in [2.45, 2.75) is 32.2 Å². The molecule has 0 radical (unpaired) electrons. The first-order valence-electron chi connectivity index (χ1n) is 6.78. The van der Waals surface area contributed by atoms with Crippen LogP contribution in [0.3, 0.4) is 0 Å². The number of hydrogen-bond acceptors (Lipinski definition) is 2. The second-order valence-electron chi connectivity index (χ2n) is 5.65. The minimum absolute atomic E-state index is 0. The molecule has 0 aromatic heterocycles. The van der Waals surface area contributed by atoms with E-state index >= 15 is 0 Å². The van der Waals surface area contributed by atoms with E-state index < -0.39 is 5.54 Å². The third-order valence-corrected chi connectivity index (χ3v) is 3.69. The highest BCUT2D eigenvalue weighted by molar-refractivity contribution is 5.85. The molecule has 0 atom stereocenters. The standard InChI is InChI=1S/C15H21FN2O.ClH/c1-15(2,12-4-3-5-13(16)10-12)18-14(19)11-6-8-17-9-7-11;/h3-5,10-11,17H,6-9H2,1-2H3,(H,18,19);1H. The van der Waals surface area contributed by atoms with Crippen LogP contribution < -0.4 is 10.6 Å². The number of nitrogens with one attached hydrogen (secondary N) is 2. The Morgan fingerprint density at radius 2 is 2.00 bits per heavy atom. The molecule has 1 amide bonds. The van der Waals surface area contributed by atoms with E-state index in [1.165, 1.54) is 12.1 Å². The molecule has 1 heterocycles. The van der Waals surface area contributed by atoms with Gasteiger partial charge in [-0.25, -0.2) is 4.39 Å². The summed E-state index contributed by atoms with van der Waals surface area (Å²) >= 11 is 0. The fourth-order valence-corrected chi connectivity index (χ4v) is 2.44. The fourth-order valence-electron chi connectivity index (χ4n) is 2.44. The third-order valence-electron chi connectivity index (χ3n) is 3.69. The smallest absolute Gasteiger partial charge is 0.223 e. The molecule has 1 fully saturated rings. The van der Waals surface area contributed by atoms with Crippen LogP contribution in [0.5, 0.6) is 0 Å². The van der Waals surface area contributed by atoms with Crippen LogP contribution in [0.4, 0.5) is 4.39 Å². The van der Waals surface area contributed by atoms with Gasteiger partial charge in [0, 0.05) is 5.92 Å². The van der Waals surface area contributed by atoms with Crippen LogP contribution in [0.2, 0.25) is 0 Å². The van der Waals surface area contributed by atoms with Crippen LogP contribution in [0, 0.1) is 11.7 Å². The highest BCUT2D eigenvalue weighted by Gasteiger charge is 2.28. The van der Waals surface area contributed by atoms with E-state index in [2.05, 4.69) is 10.6 Å². The monoisotopic (exact) mass is 300 g/mol. The number of hydrogen-bond donors (Lipinski definition) is 2. The second kappa shape index (κ2) is 7.04. The van der Waals surface area contributed by atoms with E-state index in [0.29, 0.717) is 0 Å². The average molecular weight is 301 g/mol. The SMILES string of the molecule is CC(C)(NC(=O)C1CCNCC1)c1cccc(F)c1.Cl. The molecule has 0 unspecified atom stereocenters. The second-order valence-corrected chi connectivity index (χ2v) is 5.65. The van der Waals surface area contributed by atoms with Crippen LogP contribution >= 0.6 is 12.4 Å². The first-order chi connectivity index (χ1) is 8.99. The first-order valence-corrected chi connectivity index (χ1v) is 6.78. The Labute approximate surface area is 125 Å². The topological polar surface area (TPSA) is 41.1 Å². The van der Waals surface area contributed by atoms with Gasteiger partial charge < -0.3 is 10.6 Å². The summed E-state index contributed by atoms with van der Waals surface area (Å²) in [6, 6.07) is 6.39. The van der Waals surface area contributed by atoms with Crippen molar-refractivity contribution < 1.29 is 9.18 Å². The van der Waals surface area contributed by atoms with Crippen molar-refractivity contribution in [1.82, 2.24) is 10.6 Å². The molecule has 1 aliphatic rings. The van der Waals surface area contributed by atoms with Crippen molar-refractivity contribution >= 4 is 18.3 Å². The van der Waals surface area contributed by atoms with Crippen molar-refractivity contribution in [3.05, 3.63) is 35.6 Å². The van der Waals surface area contributed by atoms with Gasteiger partial charge in [0.15, 0.2) is 0 Å².